The first-order valence-electron chi connectivity index (χ1n) is 21.0. The lowest BCUT2D eigenvalue weighted by Crippen LogP contribution is -2.73. The summed E-state index contributed by atoms with van der Waals surface area (Å²) in [4.78, 5) is 0. The van der Waals surface area contributed by atoms with Crippen LogP contribution in [0, 0.1) is 16.7 Å². The second-order valence-corrected chi connectivity index (χ2v) is 33.5. The molecule has 0 amide bonds. The lowest BCUT2D eigenvalue weighted by Gasteiger charge is -2.52. The maximum Gasteiger partial charge on any atom is 0.335 e. The highest BCUT2D eigenvalue weighted by molar-refractivity contribution is 6.99. The molecular weight excluding hydrogens is 725 g/mol. The molecule has 5 fully saturated rings. The summed E-state index contributed by atoms with van der Waals surface area (Å²) in [5.41, 5.74) is 0.376. The van der Waals surface area contributed by atoms with Crippen LogP contribution in [-0.2, 0) is 26.9 Å². The van der Waals surface area contributed by atoms with Crippen LogP contribution in [0.5, 0.6) is 0 Å². The average molecular weight is 795 g/mol. The second kappa shape index (κ2) is 13.7. The predicted molar refractivity (Wildman–Crippen MR) is 223 cm³/mol. The van der Waals surface area contributed by atoms with Crippen LogP contribution in [0.4, 0.5) is 0 Å². The van der Waals surface area contributed by atoms with Gasteiger partial charge in [0.15, 0.2) is 5.79 Å². The van der Waals surface area contributed by atoms with Crippen LogP contribution >= 0.6 is 0 Å². The van der Waals surface area contributed by atoms with Crippen LogP contribution in [0.15, 0.2) is 60.7 Å². The van der Waals surface area contributed by atoms with Gasteiger partial charge < -0.3 is 32.0 Å². The van der Waals surface area contributed by atoms with E-state index in [0.717, 1.165) is 23.2 Å². The number of rotatable bonds is 8. The zero-order valence-corrected chi connectivity index (χ0v) is 38.6. The largest absolute Gasteiger partial charge is 0.414 e. The van der Waals surface area contributed by atoms with Crippen molar-refractivity contribution in [1.29, 1.82) is 0 Å². The minimum atomic E-state index is -3.17. The van der Waals surface area contributed by atoms with Crippen molar-refractivity contribution in [1.82, 2.24) is 0 Å². The number of ether oxygens (including phenoxy) is 2. The minimum Gasteiger partial charge on any atom is -0.414 e. The standard InChI is InChI=1S/C44H70O7Si3/c1-28(2)53(29(3)4)49-37-35(45)36(48-52(41(9,10)11,33-21-17-15-18-22-33)34-23-19-16-20-24-34)38-39(40(37)50-54(51-53,30(5)6)31(7)8)47-44(46-38)27-32-25-26-43(44,14)42(32,12)13/h15-24,28-32,35-40,45H,25-27H2,1-14H3/t32-,35+,36+,37-,38+,39+,40+,43-,44?/m1/s1. The highest BCUT2D eigenvalue weighted by atomic mass is 28.5. The van der Waals surface area contributed by atoms with Crippen molar-refractivity contribution < 1.29 is 32.0 Å². The molecule has 2 aromatic carbocycles. The molecule has 9 atom stereocenters. The monoisotopic (exact) mass is 794 g/mol. The zero-order chi connectivity index (χ0) is 39.4. The normalized spacial score (nSPS) is 37.0. The Hall–Kier alpha value is -1.19. The molecule has 2 aliphatic heterocycles. The van der Waals surface area contributed by atoms with Crippen molar-refractivity contribution in [3.63, 3.8) is 0 Å². The van der Waals surface area contributed by atoms with Gasteiger partial charge in [0.1, 0.15) is 36.6 Å². The molecule has 1 spiro atoms. The first-order chi connectivity index (χ1) is 25.1. The molecule has 7 nitrogen and oxygen atoms in total. The Morgan fingerprint density at radius 2 is 1.17 bits per heavy atom. The van der Waals surface area contributed by atoms with E-state index in [1.807, 2.05) is 0 Å². The van der Waals surface area contributed by atoms with E-state index >= 15 is 0 Å². The van der Waals surface area contributed by atoms with Gasteiger partial charge in [0.2, 0.25) is 0 Å². The summed E-state index contributed by atoms with van der Waals surface area (Å²) in [6.45, 7) is 32.0. The Kier molecular flexibility index (Phi) is 10.4. The molecule has 1 N–H and O–H groups in total. The fourth-order valence-electron chi connectivity index (χ4n) is 11.8. The molecule has 54 heavy (non-hydrogen) atoms. The van der Waals surface area contributed by atoms with Crippen molar-refractivity contribution in [2.24, 2.45) is 16.7 Å². The third kappa shape index (κ3) is 5.62. The number of hydrogen-bond donors (Lipinski definition) is 1. The molecule has 5 aliphatic rings. The number of aliphatic hydroxyl groups is 1. The quantitative estimate of drug-likeness (QED) is 0.268. The lowest BCUT2D eigenvalue weighted by molar-refractivity contribution is -0.256. The van der Waals surface area contributed by atoms with E-state index in [0.29, 0.717) is 5.92 Å². The maximum atomic E-state index is 13.3. The van der Waals surface area contributed by atoms with E-state index in [1.165, 1.54) is 6.42 Å². The molecule has 0 aromatic heterocycles. The molecule has 3 aliphatic carbocycles. The molecule has 10 heteroatoms. The molecule has 3 saturated carbocycles. The summed E-state index contributed by atoms with van der Waals surface area (Å²) in [7, 11) is -9.23. The molecule has 2 bridgehead atoms. The van der Waals surface area contributed by atoms with Crippen LogP contribution in [0.3, 0.4) is 0 Å². The Bertz CT molecular complexity index is 1590. The van der Waals surface area contributed by atoms with Crippen molar-refractivity contribution in [3.8, 4) is 0 Å². The topological polar surface area (TPSA) is 75.6 Å². The van der Waals surface area contributed by atoms with E-state index in [4.69, 9.17) is 26.9 Å². The summed E-state index contributed by atoms with van der Waals surface area (Å²) in [5.74, 6) is -0.340. The van der Waals surface area contributed by atoms with Crippen molar-refractivity contribution in [2.75, 3.05) is 0 Å². The minimum absolute atomic E-state index is 0.0303. The van der Waals surface area contributed by atoms with Crippen LogP contribution in [0.2, 0.25) is 27.2 Å². The van der Waals surface area contributed by atoms with Gasteiger partial charge in [0.25, 0.3) is 8.32 Å². The zero-order valence-electron chi connectivity index (χ0n) is 35.6. The molecular formula is C44H70O7Si3. The average Bonchev–Trinajstić information content (AvgIpc) is 3.57. The molecule has 0 radical (unpaired) electrons. The molecule has 7 rings (SSSR count). The highest BCUT2D eigenvalue weighted by Crippen LogP contribution is 2.73. The van der Waals surface area contributed by atoms with Gasteiger partial charge >= 0.3 is 17.1 Å². The summed E-state index contributed by atoms with van der Waals surface area (Å²) in [6, 6.07) is 21.4. The van der Waals surface area contributed by atoms with Crippen molar-refractivity contribution in [2.45, 2.75) is 186 Å². The van der Waals surface area contributed by atoms with Crippen molar-refractivity contribution in [3.05, 3.63) is 60.7 Å². The SMILES string of the molecule is CC(C)[Si]1(C(C)C)O[C@@H]2[C@H]3OC4(C[C@H]5CC[C@]4(C)C5(C)C)O[C@H]3[C@@H](O[Si](c3ccccc3)(c3ccccc3)C(C)(C)C)[C@H](O)[C@H]2O[Si](C(C)C)(C(C)C)O1. The summed E-state index contributed by atoms with van der Waals surface area (Å²) in [6.07, 6.45) is -1.12. The fraction of sp³-hybridized carbons (Fsp3) is 0.727. The first-order valence-corrected chi connectivity index (χ1v) is 26.9. The lowest BCUT2D eigenvalue weighted by atomic mass is 9.68. The van der Waals surface area contributed by atoms with Crippen LogP contribution in [0.25, 0.3) is 0 Å². The summed E-state index contributed by atoms with van der Waals surface area (Å²) >= 11 is 0. The molecule has 2 saturated heterocycles. The van der Waals surface area contributed by atoms with Gasteiger partial charge in [-0.25, -0.2) is 0 Å². The van der Waals surface area contributed by atoms with Crippen LogP contribution in [-0.4, -0.2) is 73.0 Å². The number of aliphatic hydroxyl groups excluding tert-OH is 1. The number of hydrogen-bond acceptors (Lipinski definition) is 7. The Balaban J connectivity index is 1.45. The van der Waals surface area contributed by atoms with Gasteiger partial charge in [-0.2, -0.15) is 0 Å². The molecule has 2 aromatic rings. The molecule has 1 unspecified atom stereocenters. The Labute approximate surface area is 329 Å². The van der Waals surface area contributed by atoms with E-state index in [1.54, 1.807) is 0 Å². The third-order valence-corrected chi connectivity index (χ3v) is 30.6. The molecule has 2 heterocycles. The first kappa shape index (κ1) is 41.0. The Morgan fingerprint density at radius 1 is 0.704 bits per heavy atom. The van der Waals surface area contributed by atoms with Crippen molar-refractivity contribution >= 4 is 35.8 Å². The predicted octanol–water partition coefficient (Wildman–Crippen LogP) is 8.96. The maximum absolute atomic E-state index is 13.3. The number of fused-ring (bicyclic) bond motifs is 6. The van der Waals surface area contributed by atoms with E-state index in [9.17, 15) is 5.11 Å². The van der Waals surface area contributed by atoms with E-state index < -0.39 is 67.9 Å². The van der Waals surface area contributed by atoms with E-state index in [-0.39, 0.29) is 38.0 Å². The van der Waals surface area contributed by atoms with Gasteiger partial charge in [0.05, 0.1) is 0 Å². The van der Waals surface area contributed by atoms with Gasteiger partial charge in [-0.3, -0.25) is 0 Å². The van der Waals surface area contributed by atoms with Gasteiger partial charge in [-0.15, -0.1) is 0 Å². The Morgan fingerprint density at radius 3 is 1.57 bits per heavy atom. The van der Waals surface area contributed by atoms with Crippen LogP contribution < -0.4 is 10.4 Å². The van der Waals surface area contributed by atoms with Gasteiger partial charge in [-0.1, -0.05) is 158 Å². The second-order valence-electron chi connectivity index (χ2n) is 20.5. The van der Waals surface area contributed by atoms with Crippen LogP contribution in [0.1, 0.15) is 116 Å². The summed E-state index contributed by atoms with van der Waals surface area (Å²) in [5, 5.41) is 15.3. The van der Waals surface area contributed by atoms with E-state index in [2.05, 4.69) is 158 Å². The third-order valence-electron chi connectivity index (χ3n) is 15.3. The highest BCUT2D eigenvalue weighted by Gasteiger charge is 2.77. The number of benzene rings is 2. The fourth-order valence-corrected chi connectivity index (χ4v) is 27.8. The van der Waals surface area contributed by atoms with Gasteiger partial charge in [-0.05, 0) is 61.8 Å². The summed E-state index contributed by atoms with van der Waals surface area (Å²) < 4.78 is 46.1. The molecule has 300 valence electrons. The van der Waals surface area contributed by atoms with Gasteiger partial charge in [0, 0.05) is 11.8 Å². The smallest absolute Gasteiger partial charge is 0.335 e.